The molecular formula is C15H19NO4. The minimum atomic E-state index is -0.877. The quantitative estimate of drug-likeness (QED) is 0.865. The molecule has 1 saturated carbocycles. The van der Waals surface area contributed by atoms with Crippen LogP contribution in [0.25, 0.3) is 0 Å². The second-order valence-electron chi connectivity index (χ2n) is 5.24. The van der Waals surface area contributed by atoms with E-state index in [0.717, 1.165) is 25.7 Å². The third-order valence-corrected chi connectivity index (χ3v) is 3.76. The zero-order chi connectivity index (χ0) is 14.6. The third kappa shape index (κ3) is 3.29. The fraction of sp³-hybridized carbons (Fsp3) is 0.467. The molecule has 0 atom stereocenters. The molecule has 1 aromatic carbocycles. The number of hydrogen-bond donors (Lipinski definition) is 2. The van der Waals surface area contributed by atoms with Gasteiger partial charge in [0.15, 0.2) is 0 Å². The van der Waals surface area contributed by atoms with E-state index in [1.54, 1.807) is 31.4 Å². The molecule has 2 N–H and O–H groups in total. The van der Waals surface area contributed by atoms with Crippen LogP contribution in [0.15, 0.2) is 24.3 Å². The van der Waals surface area contributed by atoms with Crippen LogP contribution in [0.5, 0.6) is 5.75 Å². The summed E-state index contributed by atoms with van der Waals surface area (Å²) in [4.78, 5) is 23.3. The maximum absolute atomic E-state index is 12.3. The van der Waals surface area contributed by atoms with Crippen LogP contribution in [-0.4, -0.2) is 29.6 Å². The van der Waals surface area contributed by atoms with Crippen LogP contribution in [0.2, 0.25) is 0 Å². The Morgan fingerprint density at radius 2 is 2.05 bits per heavy atom. The highest BCUT2D eigenvalue weighted by atomic mass is 16.5. The number of ether oxygens (including phenoxy) is 1. The van der Waals surface area contributed by atoms with Crippen molar-refractivity contribution in [2.75, 3.05) is 7.11 Å². The molecule has 0 saturated heterocycles. The molecule has 20 heavy (non-hydrogen) atoms. The zero-order valence-corrected chi connectivity index (χ0v) is 11.5. The molecule has 0 spiro atoms. The van der Waals surface area contributed by atoms with Gasteiger partial charge in [0.1, 0.15) is 5.75 Å². The number of carbonyl (C=O) groups excluding carboxylic acids is 1. The minimum Gasteiger partial charge on any atom is -0.497 e. The van der Waals surface area contributed by atoms with Crippen molar-refractivity contribution in [1.82, 2.24) is 5.32 Å². The Hall–Kier alpha value is -2.04. The normalized spacial score (nSPS) is 16.6. The molecule has 1 aliphatic carbocycles. The summed E-state index contributed by atoms with van der Waals surface area (Å²) in [7, 11) is 1.54. The number of rotatable bonds is 5. The Bertz CT molecular complexity index is 506. The molecule has 0 aliphatic heterocycles. The molecule has 108 valence electrons. The number of carboxylic acid groups (broad SMARTS) is 1. The van der Waals surface area contributed by atoms with Gasteiger partial charge in [0, 0.05) is 5.56 Å². The van der Waals surface area contributed by atoms with Crippen molar-refractivity contribution in [1.29, 1.82) is 0 Å². The summed E-state index contributed by atoms with van der Waals surface area (Å²) in [6.45, 7) is 0. The smallest absolute Gasteiger partial charge is 0.305 e. The molecule has 1 aromatic rings. The van der Waals surface area contributed by atoms with Gasteiger partial charge in [-0.05, 0) is 31.0 Å². The maximum Gasteiger partial charge on any atom is 0.305 e. The highest BCUT2D eigenvalue weighted by Crippen LogP contribution is 2.33. The first-order valence-electron chi connectivity index (χ1n) is 6.73. The predicted octanol–water partition coefficient (Wildman–Crippen LogP) is 2.21. The van der Waals surface area contributed by atoms with Crippen LogP contribution < -0.4 is 10.1 Å². The van der Waals surface area contributed by atoms with Gasteiger partial charge in [0.2, 0.25) is 0 Å². The van der Waals surface area contributed by atoms with E-state index in [1.165, 1.54) is 0 Å². The van der Waals surface area contributed by atoms with Crippen molar-refractivity contribution in [3.63, 3.8) is 0 Å². The van der Waals surface area contributed by atoms with E-state index < -0.39 is 11.5 Å². The Morgan fingerprint density at radius 3 is 2.65 bits per heavy atom. The molecule has 5 heteroatoms. The molecule has 1 amide bonds. The minimum absolute atomic E-state index is 0.0251. The van der Waals surface area contributed by atoms with E-state index in [-0.39, 0.29) is 12.3 Å². The summed E-state index contributed by atoms with van der Waals surface area (Å²) in [6.07, 6.45) is 3.31. The van der Waals surface area contributed by atoms with Gasteiger partial charge in [-0.3, -0.25) is 9.59 Å². The lowest BCUT2D eigenvalue weighted by Crippen LogP contribution is -2.47. The number of benzene rings is 1. The lowest BCUT2D eigenvalue weighted by atomic mass is 9.92. The van der Waals surface area contributed by atoms with E-state index in [2.05, 4.69) is 5.32 Å². The Kier molecular flexibility index (Phi) is 4.27. The van der Waals surface area contributed by atoms with Gasteiger partial charge in [-0.2, -0.15) is 0 Å². The molecule has 0 unspecified atom stereocenters. The first-order valence-corrected chi connectivity index (χ1v) is 6.73. The Labute approximate surface area is 117 Å². The maximum atomic E-state index is 12.3. The topological polar surface area (TPSA) is 75.6 Å². The number of aliphatic carboxylic acids is 1. The largest absolute Gasteiger partial charge is 0.497 e. The average molecular weight is 277 g/mol. The Morgan fingerprint density at radius 1 is 1.35 bits per heavy atom. The second-order valence-corrected chi connectivity index (χ2v) is 5.24. The van der Waals surface area contributed by atoms with E-state index in [4.69, 9.17) is 9.84 Å². The number of hydrogen-bond acceptors (Lipinski definition) is 3. The van der Waals surface area contributed by atoms with Crippen molar-refractivity contribution in [2.24, 2.45) is 0 Å². The average Bonchev–Trinajstić information content (AvgIpc) is 2.86. The molecule has 0 aromatic heterocycles. The van der Waals surface area contributed by atoms with Crippen LogP contribution >= 0.6 is 0 Å². The fourth-order valence-electron chi connectivity index (χ4n) is 2.76. The first-order chi connectivity index (χ1) is 9.54. The van der Waals surface area contributed by atoms with Crippen LogP contribution in [-0.2, 0) is 4.79 Å². The number of amides is 1. The van der Waals surface area contributed by atoms with Crippen molar-refractivity contribution >= 4 is 11.9 Å². The van der Waals surface area contributed by atoms with Crippen LogP contribution in [0.1, 0.15) is 42.5 Å². The Balaban J connectivity index is 2.13. The molecule has 0 heterocycles. The third-order valence-electron chi connectivity index (χ3n) is 3.76. The van der Waals surface area contributed by atoms with Crippen LogP contribution in [0.4, 0.5) is 0 Å². The summed E-state index contributed by atoms with van der Waals surface area (Å²) >= 11 is 0. The van der Waals surface area contributed by atoms with Crippen molar-refractivity contribution in [3.05, 3.63) is 29.8 Å². The van der Waals surface area contributed by atoms with Crippen molar-refractivity contribution in [2.45, 2.75) is 37.6 Å². The van der Waals surface area contributed by atoms with Gasteiger partial charge in [0.25, 0.3) is 5.91 Å². The molecule has 0 radical (unpaired) electrons. The lowest BCUT2D eigenvalue weighted by molar-refractivity contribution is -0.138. The first kappa shape index (κ1) is 14.4. The SMILES string of the molecule is COc1cccc(C(=O)NC2(CC(=O)O)CCCC2)c1. The van der Waals surface area contributed by atoms with Gasteiger partial charge in [-0.1, -0.05) is 18.9 Å². The van der Waals surface area contributed by atoms with Gasteiger partial charge < -0.3 is 15.2 Å². The summed E-state index contributed by atoms with van der Waals surface area (Å²) in [5.74, 6) is -0.513. The van der Waals surface area contributed by atoms with E-state index in [0.29, 0.717) is 11.3 Å². The molecule has 2 rings (SSSR count). The highest BCUT2D eigenvalue weighted by Gasteiger charge is 2.37. The standard InChI is InChI=1S/C15H19NO4/c1-20-12-6-4-5-11(9-12)14(19)16-15(10-13(17)18)7-2-3-8-15/h4-6,9H,2-3,7-8,10H2,1H3,(H,16,19)(H,17,18). The number of carbonyl (C=O) groups is 2. The van der Waals surface area contributed by atoms with Crippen LogP contribution in [0, 0.1) is 0 Å². The van der Waals surface area contributed by atoms with E-state index in [1.807, 2.05) is 0 Å². The summed E-state index contributed by atoms with van der Waals surface area (Å²) in [6, 6.07) is 6.85. The zero-order valence-electron chi connectivity index (χ0n) is 11.5. The van der Waals surface area contributed by atoms with Crippen LogP contribution in [0.3, 0.4) is 0 Å². The second kappa shape index (κ2) is 5.94. The van der Waals surface area contributed by atoms with E-state index >= 15 is 0 Å². The van der Waals surface area contributed by atoms with E-state index in [9.17, 15) is 9.59 Å². The predicted molar refractivity (Wildman–Crippen MR) is 73.9 cm³/mol. The van der Waals surface area contributed by atoms with Gasteiger partial charge in [-0.15, -0.1) is 0 Å². The molecule has 5 nitrogen and oxygen atoms in total. The highest BCUT2D eigenvalue weighted by molar-refractivity contribution is 5.95. The molecule has 0 bridgehead atoms. The molecular weight excluding hydrogens is 258 g/mol. The van der Waals surface area contributed by atoms with Gasteiger partial charge >= 0.3 is 5.97 Å². The molecule has 1 aliphatic rings. The summed E-state index contributed by atoms with van der Waals surface area (Å²) < 4.78 is 5.09. The number of nitrogens with one attached hydrogen (secondary N) is 1. The monoisotopic (exact) mass is 277 g/mol. The summed E-state index contributed by atoms with van der Waals surface area (Å²) in [5, 5.41) is 11.9. The fourth-order valence-corrected chi connectivity index (χ4v) is 2.76. The number of carboxylic acids is 1. The number of methoxy groups -OCH3 is 1. The molecule has 1 fully saturated rings. The lowest BCUT2D eigenvalue weighted by Gasteiger charge is -2.28. The van der Waals surface area contributed by atoms with Gasteiger partial charge in [0.05, 0.1) is 19.1 Å². The summed E-state index contributed by atoms with van der Waals surface area (Å²) in [5.41, 5.74) is -0.118. The van der Waals surface area contributed by atoms with Crippen molar-refractivity contribution in [3.8, 4) is 5.75 Å². The van der Waals surface area contributed by atoms with Crippen molar-refractivity contribution < 1.29 is 19.4 Å². The van der Waals surface area contributed by atoms with Gasteiger partial charge in [-0.25, -0.2) is 0 Å².